The van der Waals surface area contributed by atoms with Gasteiger partial charge in [0.25, 0.3) is 0 Å². The van der Waals surface area contributed by atoms with E-state index < -0.39 is 0 Å². The third-order valence-corrected chi connectivity index (χ3v) is 4.76. The fourth-order valence-electron chi connectivity index (χ4n) is 2.33. The average Bonchev–Trinajstić information content (AvgIpc) is 3.12. The molecule has 4 nitrogen and oxygen atoms in total. The number of nitrogens with zero attached hydrogens (tertiary/aromatic N) is 2. The van der Waals surface area contributed by atoms with Gasteiger partial charge in [-0.05, 0) is 17.7 Å². The van der Waals surface area contributed by atoms with E-state index in [1.54, 1.807) is 18.4 Å². The van der Waals surface area contributed by atoms with Crippen molar-refractivity contribution in [2.45, 2.75) is 13.1 Å². The molecule has 1 aromatic heterocycles. The third kappa shape index (κ3) is 5.05. The van der Waals surface area contributed by atoms with E-state index in [0.717, 1.165) is 32.8 Å². The monoisotopic (exact) mass is 370 g/mol. The minimum Gasteiger partial charge on any atom is -0.352 e. The molecule has 0 saturated carbocycles. The van der Waals surface area contributed by atoms with Gasteiger partial charge < -0.3 is 10.6 Å². The summed E-state index contributed by atoms with van der Waals surface area (Å²) in [7, 11) is 1.75. The highest BCUT2D eigenvalue weighted by molar-refractivity contribution is 7.13. The Bertz CT molecular complexity index is 845. The van der Waals surface area contributed by atoms with Crippen LogP contribution in [0.25, 0.3) is 10.6 Å². The minimum absolute atomic E-state index is 0.624. The van der Waals surface area contributed by atoms with Crippen LogP contribution in [-0.4, -0.2) is 18.0 Å². The lowest BCUT2D eigenvalue weighted by Gasteiger charge is -2.11. The minimum atomic E-state index is 0.624. The molecule has 128 valence electrons. The Hall–Kier alpha value is -2.37. The lowest BCUT2D eigenvalue weighted by atomic mass is 10.2. The number of nitrogens with one attached hydrogen (secondary N) is 2. The highest BCUT2D eigenvalue weighted by Gasteiger charge is 2.05. The Balaban J connectivity index is 1.54. The first-order valence-corrected chi connectivity index (χ1v) is 9.19. The van der Waals surface area contributed by atoms with Gasteiger partial charge in [0.1, 0.15) is 5.01 Å². The van der Waals surface area contributed by atoms with Crippen LogP contribution in [0.5, 0.6) is 0 Å². The molecule has 0 radical (unpaired) electrons. The lowest BCUT2D eigenvalue weighted by Crippen LogP contribution is -2.36. The molecule has 0 spiro atoms. The molecule has 0 unspecified atom stereocenters. The third-order valence-electron chi connectivity index (χ3n) is 3.58. The van der Waals surface area contributed by atoms with Gasteiger partial charge in [0.15, 0.2) is 5.96 Å². The number of hydrogen-bond donors (Lipinski definition) is 2. The molecule has 0 saturated heterocycles. The van der Waals surface area contributed by atoms with Gasteiger partial charge in [0, 0.05) is 29.6 Å². The van der Waals surface area contributed by atoms with Crippen LogP contribution < -0.4 is 10.6 Å². The van der Waals surface area contributed by atoms with Crippen LogP contribution in [-0.2, 0) is 13.1 Å². The lowest BCUT2D eigenvalue weighted by molar-refractivity contribution is 0.798. The quantitative estimate of drug-likeness (QED) is 0.519. The number of aromatic nitrogens is 1. The second-order valence-electron chi connectivity index (χ2n) is 5.42. The first-order valence-electron chi connectivity index (χ1n) is 7.93. The average molecular weight is 371 g/mol. The van der Waals surface area contributed by atoms with Crippen LogP contribution in [0.15, 0.2) is 65.0 Å². The fraction of sp³-hybridized carbons (Fsp3) is 0.158. The van der Waals surface area contributed by atoms with Crippen molar-refractivity contribution in [3.05, 3.63) is 76.3 Å². The molecular weight excluding hydrogens is 352 g/mol. The number of aliphatic imine (C=N–C) groups is 1. The summed E-state index contributed by atoms with van der Waals surface area (Å²) in [6.07, 6.45) is 0. The predicted molar refractivity (Wildman–Crippen MR) is 106 cm³/mol. The van der Waals surface area contributed by atoms with Crippen molar-refractivity contribution in [1.82, 2.24) is 15.6 Å². The van der Waals surface area contributed by atoms with E-state index in [1.165, 1.54) is 0 Å². The van der Waals surface area contributed by atoms with E-state index in [9.17, 15) is 0 Å². The van der Waals surface area contributed by atoms with Crippen molar-refractivity contribution in [3.8, 4) is 10.6 Å². The van der Waals surface area contributed by atoms with Crippen molar-refractivity contribution in [1.29, 1.82) is 0 Å². The Kier molecular flexibility index (Phi) is 6.04. The van der Waals surface area contributed by atoms with Crippen LogP contribution >= 0.6 is 22.9 Å². The molecule has 2 N–H and O–H groups in total. The molecule has 0 aliphatic carbocycles. The van der Waals surface area contributed by atoms with E-state index >= 15 is 0 Å². The van der Waals surface area contributed by atoms with E-state index in [0.29, 0.717) is 13.1 Å². The molecule has 1 heterocycles. The van der Waals surface area contributed by atoms with Gasteiger partial charge in [-0.25, -0.2) is 4.98 Å². The number of guanidine groups is 1. The van der Waals surface area contributed by atoms with Gasteiger partial charge in [0.05, 0.1) is 12.2 Å². The topological polar surface area (TPSA) is 49.3 Å². The number of rotatable bonds is 5. The second kappa shape index (κ2) is 8.65. The van der Waals surface area contributed by atoms with Crippen molar-refractivity contribution in [2.24, 2.45) is 4.99 Å². The number of thiazole rings is 1. The molecule has 25 heavy (non-hydrogen) atoms. The van der Waals surface area contributed by atoms with Gasteiger partial charge in [-0.1, -0.05) is 54.1 Å². The smallest absolute Gasteiger partial charge is 0.191 e. The maximum atomic E-state index is 6.01. The zero-order chi connectivity index (χ0) is 17.5. The highest BCUT2D eigenvalue weighted by atomic mass is 35.5. The predicted octanol–water partition coefficient (Wildman–Crippen LogP) is 4.33. The van der Waals surface area contributed by atoms with Gasteiger partial charge in [0.2, 0.25) is 0 Å². The molecule has 0 aliphatic rings. The van der Waals surface area contributed by atoms with Crippen molar-refractivity contribution >= 4 is 28.9 Å². The van der Waals surface area contributed by atoms with E-state index in [2.05, 4.69) is 38.1 Å². The SMILES string of the molecule is CN=C(NCc1cccc(Cl)c1)NCc1csc(-c2ccccc2)n1. The molecule has 0 bridgehead atoms. The molecule has 3 rings (SSSR count). The van der Waals surface area contributed by atoms with Crippen LogP contribution in [0, 0.1) is 0 Å². The van der Waals surface area contributed by atoms with E-state index in [4.69, 9.17) is 11.6 Å². The second-order valence-corrected chi connectivity index (χ2v) is 6.71. The molecule has 0 atom stereocenters. The van der Waals surface area contributed by atoms with Crippen LogP contribution in [0.3, 0.4) is 0 Å². The van der Waals surface area contributed by atoms with Crippen LogP contribution in [0.2, 0.25) is 5.02 Å². The van der Waals surface area contributed by atoms with Crippen LogP contribution in [0.1, 0.15) is 11.3 Å². The summed E-state index contributed by atoms with van der Waals surface area (Å²) in [5, 5.41) is 10.4. The number of halogens is 1. The Morgan fingerprint density at radius 1 is 1.08 bits per heavy atom. The summed E-state index contributed by atoms with van der Waals surface area (Å²) < 4.78 is 0. The molecule has 0 aliphatic heterocycles. The summed E-state index contributed by atoms with van der Waals surface area (Å²) in [5.41, 5.74) is 3.24. The maximum absolute atomic E-state index is 6.01. The Morgan fingerprint density at radius 2 is 1.88 bits per heavy atom. The summed E-state index contributed by atoms with van der Waals surface area (Å²) in [6, 6.07) is 18.0. The highest BCUT2D eigenvalue weighted by Crippen LogP contribution is 2.23. The maximum Gasteiger partial charge on any atom is 0.191 e. The van der Waals surface area contributed by atoms with Gasteiger partial charge >= 0.3 is 0 Å². The van der Waals surface area contributed by atoms with Crippen molar-refractivity contribution in [3.63, 3.8) is 0 Å². The van der Waals surface area contributed by atoms with Crippen molar-refractivity contribution < 1.29 is 0 Å². The largest absolute Gasteiger partial charge is 0.352 e. The molecular formula is C19H19ClN4S. The zero-order valence-corrected chi connectivity index (χ0v) is 15.4. The molecule has 3 aromatic rings. The summed E-state index contributed by atoms with van der Waals surface area (Å²) >= 11 is 7.66. The Morgan fingerprint density at radius 3 is 2.64 bits per heavy atom. The molecule has 6 heteroatoms. The van der Waals surface area contributed by atoms with Crippen LogP contribution in [0.4, 0.5) is 0 Å². The summed E-state index contributed by atoms with van der Waals surface area (Å²) in [4.78, 5) is 8.92. The number of benzene rings is 2. The van der Waals surface area contributed by atoms with E-state index in [1.807, 2.05) is 42.5 Å². The van der Waals surface area contributed by atoms with Gasteiger partial charge in [-0.2, -0.15) is 0 Å². The molecule has 0 fully saturated rings. The van der Waals surface area contributed by atoms with Gasteiger partial charge in [-0.15, -0.1) is 11.3 Å². The summed E-state index contributed by atoms with van der Waals surface area (Å²) in [5.74, 6) is 0.731. The van der Waals surface area contributed by atoms with Gasteiger partial charge in [-0.3, -0.25) is 4.99 Å². The fourth-order valence-corrected chi connectivity index (χ4v) is 3.37. The zero-order valence-electron chi connectivity index (χ0n) is 13.9. The molecule has 2 aromatic carbocycles. The number of hydrogen-bond acceptors (Lipinski definition) is 3. The molecule has 0 amide bonds. The first-order chi connectivity index (χ1) is 12.2. The Labute approximate surface area is 156 Å². The standard InChI is InChI=1S/C19H19ClN4S/c1-21-19(22-11-14-6-5-9-16(20)10-14)23-12-17-13-25-18(24-17)15-7-3-2-4-8-15/h2-10,13H,11-12H2,1H3,(H2,21,22,23). The summed E-state index contributed by atoms with van der Waals surface area (Å²) in [6.45, 7) is 1.28. The van der Waals surface area contributed by atoms with Crippen molar-refractivity contribution in [2.75, 3.05) is 7.05 Å². The first kappa shape index (κ1) is 17.5. The normalized spacial score (nSPS) is 11.4. The van der Waals surface area contributed by atoms with E-state index in [-0.39, 0.29) is 0 Å².